The predicted octanol–water partition coefficient (Wildman–Crippen LogP) is 1.37. The predicted molar refractivity (Wildman–Crippen MR) is 68.8 cm³/mol. The van der Waals surface area contributed by atoms with E-state index >= 15 is 0 Å². The quantitative estimate of drug-likeness (QED) is 0.821. The molecule has 2 amide bonds. The van der Waals surface area contributed by atoms with E-state index in [4.69, 9.17) is 0 Å². The summed E-state index contributed by atoms with van der Waals surface area (Å²) in [7, 11) is 0. The van der Waals surface area contributed by atoms with Crippen LogP contribution in [0.15, 0.2) is 18.2 Å². The van der Waals surface area contributed by atoms with E-state index in [-0.39, 0.29) is 30.7 Å². The van der Waals surface area contributed by atoms with Crippen molar-refractivity contribution in [3.63, 3.8) is 0 Å². The lowest BCUT2D eigenvalue weighted by molar-refractivity contribution is -0.153. The Morgan fingerprint density at radius 1 is 1.37 bits per heavy atom. The van der Waals surface area contributed by atoms with Gasteiger partial charge in [0.1, 0.15) is 5.82 Å². The summed E-state index contributed by atoms with van der Waals surface area (Å²) >= 11 is 0. The second-order valence-electron chi connectivity index (χ2n) is 5.33. The zero-order valence-electron chi connectivity index (χ0n) is 11.3. The number of nitrogens with zero attached hydrogens (tertiary/aromatic N) is 1. The maximum atomic E-state index is 13.2. The van der Waals surface area contributed by atoms with Gasteiger partial charge in [-0.3, -0.25) is 19.8 Å². The molecule has 1 fully saturated rings. The second kappa shape index (κ2) is 4.74. The minimum atomic E-state index is -0.769. The van der Waals surface area contributed by atoms with Gasteiger partial charge in [0.15, 0.2) is 0 Å². The van der Waals surface area contributed by atoms with Crippen molar-refractivity contribution in [1.29, 1.82) is 0 Å². The van der Waals surface area contributed by atoms with Gasteiger partial charge in [-0.05, 0) is 44.0 Å². The highest BCUT2D eigenvalue weighted by molar-refractivity contribution is 6.02. The van der Waals surface area contributed by atoms with Gasteiger partial charge in [0.25, 0.3) is 0 Å². The number of benzene rings is 1. The molecule has 0 aliphatic carbocycles. The van der Waals surface area contributed by atoms with E-state index < -0.39 is 5.54 Å². The Kier molecular flexibility index (Phi) is 3.41. The summed E-state index contributed by atoms with van der Waals surface area (Å²) in [4.78, 5) is 25.2. The molecular weight excluding hydrogens is 247 g/mol. The zero-order valence-corrected chi connectivity index (χ0v) is 11.3. The Balaban J connectivity index is 2.28. The highest BCUT2D eigenvalue weighted by atomic mass is 19.1. The third-order valence-corrected chi connectivity index (χ3v) is 3.40. The van der Waals surface area contributed by atoms with Crippen molar-refractivity contribution >= 4 is 11.8 Å². The Labute approximate surface area is 111 Å². The van der Waals surface area contributed by atoms with Crippen LogP contribution in [0.5, 0.6) is 0 Å². The van der Waals surface area contributed by atoms with Crippen LogP contribution in [0, 0.1) is 12.7 Å². The fourth-order valence-electron chi connectivity index (χ4n) is 2.06. The Bertz CT molecular complexity index is 540. The first-order valence-electron chi connectivity index (χ1n) is 6.16. The Morgan fingerprint density at radius 2 is 2.05 bits per heavy atom. The lowest BCUT2D eigenvalue weighted by Gasteiger charge is -2.36. The molecule has 19 heavy (non-hydrogen) atoms. The SMILES string of the molecule is Cc1ccc(F)cc1CN1C(=O)CNC(C)(C)C1=O. The van der Waals surface area contributed by atoms with E-state index in [9.17, 15) is 14.0 Å². The Hall–Kier alpha value is -1.75. The van der Waals surface area contributed by atoms with Crippen LogP contribution in [0.2, 0.25) is 0 Å². The average Bonchev–Trinajstić information content (AvgIpc) is 2.34. The summed E-state index contributed by atoms with van der Waals surface area (Å²) in [6.07, 6.45) is 0. The van der Waals surface area contributed by atoms with E-state index in [0.29, 0.717) is 5.56 Å². The largest absolute Gasteiger partial charge is 0.295 e. The topological polar surface area (TPSA) is 49.4 Å². The summed E-state index contributed by atoms with van der Waals surface area (Å²) in [5.41, 5.74) is 0.743. The van der Waals surface area contributed by atoms with Crippen LogP contribution in [-0.2, 0) is 16.1 Å². The van der Waals surface area contributed by atoms with E-state index in [1.165, 1.54) is 17.0 Å². The molecule has 0 aromatic heterocycles. The molecule has 1 aromatic rings. The smallest absolute Gasteiger partial charge is 0.249 e. The number of halogens is 1. The minimum absolute atomic E-state index is 0.117. The number of piperazine rings is 1. The molecule has 0 radical (unpaired) electrons. The first-order valence-corrected chi connectivity index (χ1v) is 6.16. The number of carbonyl (C=O) groups is 2. The number of amides is 2. The number of hydrogen-bond donors (Lipinski definition) is 1. The maximum Gasteiger partial charge on any atom is 0.249 e. The number of carbonyl (C=O) groups excluding carboxylic acids is 2. The molecule has 1 aliphatic heterocycles. The fraction of sp³-hybridized carbons (Fsp3) is 0.429. The van der Waals surface area contributed by atoms with Crippen LogP contribution in [-0.4, -0.2) is 28.8 Å². The van der Waals surface area contributed by atoms with Crippen molar-refractivity contribution in [2.45, 2.75) is 32.9 Å². The van der Waals surface area contributed by atoms with Crippen molar-refractivity contribution < 1.29 is 14.0 Å². The lowest BCUT2D eigenvalue weighted by Crippen LogP contribution is -2.63. The molecule has 1 saturated heterocycles. The second-order valence-corrected chi connectivity index (χ2v) is 5.33. The van der Waals surface area contributed by atoms with Gasteiger partial charge in [-0.2, -0.15) is 0 Å². The molecule has 2 rings (SSSR count). The summed E-state index contributed by atoms with van der Waals surface area (Å²) in [5, 5.41) is 2.88. The van der Waals surface area contributed by atoms with Gasteiger partial charge in [-0.25, -0.2) is 4.39 Å². The summed E-state index contributed by atoms with van der Waals surface area (Å²) < 4.78 is 13.2. The molecule has 0 atom stereocenters. The fourth-order valence-corrected chi connectivity index (χ4v) is 2.06. The number of nitrogens with one attached hydrogen (secondary N) is 1. The molecule has 1 aromatic carbocycles. The standard InChI is InChI=1S/C14H17FN2O2/c1-9-4-5-11(15)6-10(9)8-17-12(18)7-16-14(2,3)13(17)19/h4-6,16H,7-8H2,1-3H3. The normalized spacial score (nSPS) is 18.8. The molecule has 0 saturated carbocycles. The third kappa shape index (κ3) is 2.66. The van der Waals surface area contributed by atoms with Gasteiger partial charge in [0, 0.05) is 0 Å². The monoisotopic (exact) mass is 264 g/mol. The molecule has 102 valence electrons. The summed E-state index contributed by atoms with van der Waals surface area (Å²) in [5.74, 6) is -0.935. The van der Waals surface area contributed by atoms with Gasteiger partial charge in [0.05, 0.1) is 18.6 Å². The van der Waals surface area contributed by atoms with Crippen molar-refractivity contribution in [2.24, 2.45) is 0 Å². The molecule has 5 heteroatoms. The van der Waals surface area contributed by atoms with Crippen molar-refractivity contribution in [1.82, 2.24) is 10.2 Å². The first-order chi connectivity index (χ1) is 8.81. The van der Waals surface area contributed by atoms with Gasteiger partial charge >= 0.3 is 0 Å². The maximum absolute atomic E-state index is 13.2. The summed E-state index contributed by atoms with van der Waals surface area (Å²) in [6.45, 7) is 5.52. The van der Waals surface area contributed by atoms with Crippen LogP contribution in [0.4, 0.5) is 4.39 Å². The molecule has 1 N–H and O–H groups in total. The van der Waals surface area contributed by atoms with Gasteiger partial charge in [-0.15, -0.1) is 0 Å². The van der Waals surface area contributed by atoms with Crippen LogP contribution >= 0.6 is 0 Å². The van der Waals surface area contributed by atoms with Crippen LogP contribution in [0.1, 0.15) is 25.0 Å². The molecule has 1 heterocycles. The van der Waals surface area contributed by atoms with Crippen molar-refractivity contribution in [3.8, 4) is 0 Å². The lowest BCUT2D eigenvalue weighted by atomic mass is 9.99. The van der Waals surface area contributed by atoms with Crippen molar-refractivity contribution in [3.05, 3.63) is 35.1 Å². The van der Waals surface area contributed by atoms with E-state index in [2.05, 4.69) is 5.32 Å². The molecular formula is C14H17FN2O2. The van der Waals surface area contributed by atoms with Gasteiger partial charge in [0.2, 0.25) is 11.8 Å². The summed E-state index contributed by atoms with van der Waals surface area (Å²) in [6, 6.07) is 4.38. The number of rotatable bonds is 2. The van der Waals surface area contributed by atoms with E-state index in [1.54, 1.807) is 19.9 Å². The molecule has 1 aliphatic rings. The molecule has 0 spiro atoms. The van der Waals surface area contributed by atoms with Crippen LogP contribution in [0.3, 0.4) is 0 Å². The number of imide groups is 1. The van der Waals surface area contributed by atoms with E-state index in [0.717, 1.165) is 5.56 Å². The first kappa shape index (κ1) is 13.7. The minimum Gasteiger partial charge on any atom is -0.295 e. The van der Waals surface area contributed by atoms with Gasteiger partial charge < -0.3 is 0 Å². The van der Waals surface area contributed by atoms with E-state index in [1.807, 2.05) is 6.92 Å². The van der Waals surface area contributed by atoms with Crippen LogP contribution in [0.25, 0.3) is 0 Å². The van der Waals surface area contributed by atoms with Crippen LogP contribution < -0.4 is 5.32 Å². The highest BCUT2D eigenvalue weighted by Crippen LogP contribution is 2.19. The highest BCUT2D eigenvalue weighted by Gasteiger charge is 2.39. The number of hydrogen-bond acceptors (Lipinski definition) is 3. The van der Waals surface area contributed by atoms with Crippen molar-refractivity contribution in [2.75, 3.05) is 6.54 Å². The average molecular weight is 264 g/mol. The molecule has 4 nitrogen and oxygen atoms in total. The molecule has 0 unspecified atom stereocenters. The third-order valence-electron chi connectivity index (χ3n) is 3.40. The number of aryl methyl sites for hydroxylation is 1. The zero-order chi connectivity index (χ0) is 14.2. The molecule has 0 bridgehead atoms. The Morgan fingerprint density at radius 3 is 2.74 bits per heavy atom. The van der Waals surface area contributed by atoms with Gasteiger partial charge in [-0.1, -0.05) is 6.07 Å².